The topological polar surface area (TPSA) is 79.0 Å². The lowest BCUT2D eigenvalue weighted by Crippen LogP contribution is -2.51. The Morgan fingerprint density at radius 3 is 2.71 bits per heavy atom. The van der Waals surface area contributed by atoms with Crippen LogP contribution in [-0.2, 0) is 22.8 Å². The number of fused-ring (bicyclic) bond motifs is 1. The number of sulfone groups is 1. The molecule has 1 atom stereocenters. The van der Waals surface area contributed by atoms with Gasteiger partial charge in [-0.25, -0.2) is 13.2 Å². The van der Waals surface area contributed by atoms with Crippen molar-refractivity contribution in [1.82, 2.24) is 10.2 Å². The van der Waals surface area contributed by atoms with E-state index in [1.165, 1.54) is 18.4 Å². The van der Waals surface area contributed by atoms with Gasteiger partial charge in [-0.05, 0) is 55.6 Å². The summed E-state index contributed by atoms with van der Waals surface area (Å²) in [5.41, 5.74) is 2.25. The molecule has 2 aliphatic heterocycles. The van der Waals surface area contributed by atoms with Crippen LogP contribution in [0.5, 0.6) is 5.75 Å². The highest BCUT2D eigenvalue weighted by Gasteiger charge is 2.29. The number of benzene rings is 2. The average Bonchev–Trinajstić information content (AvgIpc) is 3.18. The number of ether oxygens (including phenoxy) is 1. The molecule has 1 unspecified atom stereocenters. The molecule has 0 aromatic heterocycles. The van der Waals surface area contributed by atoms with Crippen LogP contribution in [0.2, 0.25) is 0 Å². The third-order valence-corrected chi connectivity index (χ3v) is 7.15. The molecule has 1 fully saturated rings. The molecule has 11 heteroatoms. The summed E-state index contributed by atoms with van der Waals surface area (Å²) in [6.45, 7) is -0.533. The second kappa shape index (κ2) is 10.9. The summed E-state index contributed by atoms with van der Waals surface area (Å²) in [6, 6.07) is 11.3. The first-order valence-electron chi connectivity index (χ1n) is 10.9. The molecule has 2 aromatic carbocycles. The summed E-state index contributed by atoms with van der Waals surface area (Å²) in [5, 5.41) is 3.08. The maximum atomic E-state index is 13.0. The number of rotatable bonds is 6. The molecule has 1 N–H and O–H groups in total. The smallest absolute Gasteiger partial charge is 0.387 e. The van der Waals surface area contributed by atoms with Gasteiger partial charge in [-0.1, -0.05) is 18.2 Å². The number of nitrogens with one attached hydrogen (secondary N) is 1. The van der Waals surface area contributed by atoms with Gasteiger partial charge in [0.1, 0.15) is 5.75 Å². The number of hydrogen-bond acceptors (Lipinski definition) is 5. The van der Waals surface area contributed by atoms with E-state index >= 15 is 0 Å². The van der Waals surface area contributed by atoms with Crippen LogP contribution in [0, 0.1) is 0 Å². The number of nitrogens with zero attached hydrogens (tertiary/aromatic N) is 2. The first kappa shape index (κ1) is 26.2. The minimum atomic E-state index is -3.30. The Hall–Kier alpha value is -2.43. The van der Waals surface area contributed by atoms with Crippen molar-refractivity contribution in [2.45, 2.75) is 43.4 Å². The minimum absolute atomic E-state index is 0. The van der Waals surface area contributed by atoms with Crippen molar-refractivity contribution in [2.24, 2.45) is 0 Å². The van der Waals surface area contributed by atoms with Gasteiger partial charge < -0.3 is 10.1 Å². The van der Waals surface area contributed by atoms with E-state index in [9.17, 15) is 22.0 Å². The van der Waals surface area contributed by atoms with Crippen molar-refractivity contribution >= 4 is 34.0 Å². The van der Waals surface area contributed by atoms with Gasteiger partial charge in [0.25, 0.3) is 0 Å². The average molecular weight is 516 g/mol. The second-order valence-corrected chi connectivity index (χ2v) is 10.5. The Morgan fingerprint density at radius 1 is 1.21 bits per heavy atom. The van der Waals surface area contributed by atoms with Crippen LogP contribution in [-0.4, -0.2) is 57.9 Å². The van der Waals surface area contributed by atoms with Crippen molar-refractivity contribution < 1.29 is 26.7 Å². The van der Waals surface area contributed by atoms with E-state index in [0.29, 0.717) is 31.6 Å². The zero-order chi connectivity index (χ0) is 23.6. The third kappa shape index (κ3) is 6.17. The molecule has 34 heavy (non-hydrogen) atoms. The third-order valence-electron chi connectivity index (χ3n) is 6.04. The standard InChI is InChI=1S/C23H27F2N3O4S.ClH/c1-33(30,31)19-8-9-20-16(13-19)10-12-28(20)23(29)26-18-6-4-11-27(15-18)14-17-5-2-3-7-21(17)32-22(24)25;/h2-3,5,7-9,13,18,22H,4,6,10-12,14-15H2,1H3,(H,26,29);1H. The normalized spacial score (nSPS) is 18.4. The Kier molecular flexibility index (Phi) is 8.38. The maximum Gasteiger partial charge on any atom is 0.387 e. The van der Waals surface area contributed by atoms with E-state index in [2.05, 4.69) is 15.0 Å². The number of piperidine rings is 1. The Labute approximate surface area is 204 Å². The molecular weight excluding hydrogens is 488 g/mol. The van der Waals surface area contributed by atoms with Crippen LogP contribution in [0.25, 0.3) is 0 Å². The summed E-state index contributed by atoms with van der Waals surface area (Å²) < 4.78 is 53.6. The highest BCUT2D eigenvalue weighted by atomic mass is 35.5. The maximum absolute atomic E-state index is 13.0. The molecule has 0 aliphatic carbocycles. The molecule has 0 saturated carbocycles. The highest BCUT2D eigenvalue weighted by Crippen LogP contribution is 2.30. The fourth-order valence-corrected chi connectivity index (χ4v) is 5.15. The lowest BCUT2D eigenvalue weighted by molar-refractivity contribution is -0.0508. The molecule has 2 heterocycles. The van der Waals surface area contributed by atoms with Crippen molar-refractivity contribution in [1.29, 1.82) is 0 Å². The van der Waals surface area contributed by atoms with Gasteiger partial charge in [0.2, 0.25) is 0 Å². The molecule has 2 aromatic rings. The van der Waals surface area contributed by atoms with E-state index in [4.69, 9.17) is 0 Å². The van der Waals surface area contributed by atoms with Crippen molar-refractivity contribution in [3.05, 3.63) is 53.6 Å². The lowest BCUT2D eigenvalue weighted by Gasteiger charge is -2.34. The van der Waals surface area contributed by atoms with Crippen LogP contribution >= 0.6 is 12.4 Å². The molecule has 2 amide bonds. The van der Waals surface area contributed by atoms with E-state index in [-0.39, 0.29) is 35.1 Å². The molecule has 0 bridgehead atoms. The number of anilines is 1. The van der Waals surface area contributed by atoms with Crippen LogP contribution < -0.4 is 15.0 Å². The minimum Gasteiger partial charge on any atom is -0.434 e. The van der Waals surface area contributed by atoms with Crippen LogP contribution in [0.3, 0.4) is 0 Å². The Balaban J connectivity index is 0.00000324. The predicted octanol–water partition coefficient (Wildman–Crippen LogP) is 3.85. The number of halogens is 3. The zero-order valence-corrected chi connectivity index (χ0v) is 20.4. The molecule has 1 saturated heterocycles. The SMILES string of the molecule is CS(=O)(=O)c1ccc2c(c1)CCN2C(=O)NC1CCCN(Cc2ccccc2OC(F)F)C1.Cl. The van der Waals surface area contributed by atoms with Crippen LogP contribution in [0.15, 0.2) is 47.4 Å². The first-order chi connectivity index (χ1) is 15.7. The monoisotopic (exact) mass is 515 g/mol. The van der Waals surface area contributed by atoms with Crippen molar-refractivity contribution in [2.75, 3.05) is 30.8 Å². The summed E-state index contributed by atoms with van der Waals surface area (Å²) in [4.78, 5) is 17.0. The summed E-state index contributed by atoms with van der Waals surface area (Å²) in [5.74, 6) is 0.167. The van der Waals surface area contributed by atoms with Gasteiger partial charge in [0.15, 0.2) is 9.84 Å². The zero-order valence-electron chi connectivity index (χ0n) is 18.7. The Morgan fingerprint density at radius 2 is 1.97 bits per heavy atom. The molecule has 186 valence electrons. The predicted molar refractivity (Wildman–Crippen MR) is 128 cm³/mol. The van der Waals surface area contributed by atoms with Gasteiger partial charge in [0, 0.05) is 43.2 Å². The quantitative estimate of drug-likeness (QED) is 0.632. The number of urea groups is 1. The van der Waals surface area contributed by atoms with E-state index in [1.807, 2.05) is 0 Å². The van der Waals surface area contributed by atoms with Gasteiger partial charge in [-0.2, -0.15) is 8.78 Å². The Bertz CT molecular complexity index is 1130. The largest absolute Gasteiger partial charge is 0.434 e. The van der Waals surface area contributed by atoms with Gasteiger partial charge in [-0.3, -0.25) is 9.80 Å². The summed E-state index contributed by atoms with van der Waals surface area (Å²) in [6.07, 6.45) is 3.47. The molecule has 0 radical (unpaired) electrons. The van der Waals surface area contributed by atoms with E-state index in [0.717, 1.165) is 30.6 Å². The lowest BCUT2D eigenvalue weighted by atomic mass is 10.0. The fraction of sp³-hybridized carbons (Fsp3) is 0.435. The number of alkyl halides is 2. The summed E-state index contributed by atoms with van der Waals surface area (Å²) in [7, 11) is -3.30. The second-order valence-electron chi connectivity index (χ2n) is 8.47. The number of carbonyl (C=O) groups is 1. The first-order valence-corrected chi connectivity index (χ1v) is 12.8. The van der Waals surface area contributed by atoms with E-state index in [1.54, 1.807) is 35.2 Å². The van der Waals surface area contributed by atoms with Crippen LogP contribution in [0.4, 0.5) is 19.3 Å². The number of carbonyl (C=O) groups excluding carboxylic acids is 1. The summed E-state index contributed by atoms with van der Waals surface area (Å²) >= 11 is 0. The highest BCUT2D eigenvalue weighted by molar-refractivity contribution is 7.90. The number of para-hydroxylation sites is 1. The number of hydrogen-bond donors (Lipinski definition) is 1. The number of amides is 2. The van der Waals surface area contributed by atoms with E-state index < -0.39 is 16.4 Å². The van der Waals surface area contributed by atoms with Gasteiger partial charge in [-0.15, -0.1) is 12.4 Å². The molecular formula is C23H28ClF2N3O4S. The molecule has 7 nitrogen and oxygen atoms in total. The van der Waals surface area contributed by atoms with Gasteiger partial charge >= 0.3 is 12.6 Å². The molecule has 2 aliphatic rings. The van der Waals surface area contributed by atoms with Gasteiger partial charge in [0.05, 0.1) is 4.90 Å². The van der Waals surface area contributed by atoms with Crippen molar-refractivity contribution in [3.8, 4) is 5.75 Å². The fourth-order valence-electron chi connectivity index (χ4n) is 4.48. The van der Waals surface area contributed by atoms with Crippen molar-refractivity contribution in [3.63, 3.8) is 0 Å². The molecule has 4 rings (SSSR count). The van der Waals surface area contributed by atoms with Crippen LogP contribution in [0.1, 0.15) is 24.0 Å². The number of likely N-dealkylation sites (tertiary alicyclic amines) is 1. The molecule has 0 spiro atoms.